The molecule has 1 heterocycles. The van der Waals surface area contributed by atoms with Crippen molar-refractivity contribution in [3.8, 4) is 11.8 Å². The fraction of sp³-hybridized carbons (Fsp3) is 0.833. The van der Waals surface area contributed by atoms with Crippen molar-refractivity contribution < 1.29 is 0 Å². The summed E-state index contributed by atoms with van der Waals surface area (Å²) in [6, 6.07) is 0.607. The van der Waals surface area contributed by atoms with Gasteiger partial charge in [-0.1, -0.05) is 0 Å². The molecule has 1 nitrogen and oxygen atoms in total. The van der Waals surface area contributed by atoms with Gasteiger partial charge in [-0.3, -0.25) is 0 Å². The molecule has 0 bridgehead atoms. The normalized spacial score (nSPS) is 19.9. The molecule has 0 radical (unpaired) electrons. The smallest absolute Gasteiger partial charge is 0.0243 e. The van der Waals surface area contributed by atoms with E-state index in [1.807, 2.05) is 6.92 Å². The lowest BCUT2D eigenvalue weighted by Crippen LogP contribution is -2.28. The monoisotopic (exact) mass is 211 g/mol. The van der Waals surface area contributed by atoms with Crippen LogP contribution in [0.3, 0.4) is 0 Å². The zero-order valence-electron chi connectivity index (χ0n) is 9.31. The minimum atomic E-state index is 0.607. The molecule has 0 amide bonds. The van der Waals surface area contributed by atoms with Gasteiger partial charge < -0.3 is 5.32 Å². The van der Waals surface area contributed by atoms with Crippen LogP contribution in [0.25, 0.3) is 0 Å². The van der Waals surface area contributed by atoms with Gasteiger partial charge in [0.05, 0.1) is 0 Å². The molecule has 1 unspecified atom stereocenters. The van der Waals surface area contributed by atoms with Gasteiger partial charge in [0, 0.05) is 12.5 Å². The molecule has 1 N–H and O–H groups in total. The average Bonchev–Trinajstić information content (AvgIpc) is 2.25. The second-order valence-corrected chi connectivity index (χ2v) is 5.13. The molecular weight excluding hydrogens is 190 g/mol. The van der Waals surface area contributed by atoms with E-state index in [-0.39, 0.29) is 0 Å². The van der Waals surface area contributed by atoms with E-state index in [0.29, 0.717) is 6.04 Å². The second-order valence-electron chi connectivity index (χ2n) is 3.91. The van der Waals surface area contributed by atoms with Gasteiger partial charge in [-0.05, 0) is 50.7 Å². The third-order valence-corrected chi connectivity index (χ3v) is 3.94. The number of hydrogen-bond acceptors (Lipinski definition) is 2. The molecule has 14 heavy (non-hydrogen) atoms. The Bertz CT molecular complexity index is 198. The maximum Gasteiger partial charge on any atom is 0.0243 e. The summed E-state index contributed by atoms with van der Waals surface area (Å²) >= 11 is 2.10. The van der Waals surface area contributed by atoms with Crippen molar-refractivity contribution >= 4 is 11.8 Å². The van der Waals surface area contributed by atoms with Crippen LogP contribution in [-0.4, -0.2) is 24.6 Å². The molecule has 0 aromatic carbocycles. The fourth-order valence-electron chi connectivity index (χ4n) is 1.91. The second kappa shape index (κ2) is 7.20. The van der Waals surface area contributed by atoms with Crippen molar-refractivity contribution in [2.45, 2.75) is 38.6 Å². The van der Waals surface area contributed by atoms with E-state index in [1.54, 1.807) is 0 Å². The SMILES string of the molecule is CC#CCC(CC1CCSCC1)NC. The predicted octanol–water partition coefficient (Wildman–Crippen LogP) is 2.52. The Balaban J connectivity index is 2.25. The lowest BCUT2D eigenvalue weighted by atomic mass is 9.93. The van der Waals surface area contributed by atoms with Gasteiger partial charge >= 0.3 is 0 Å². The van der Waals surface area contributed by atoms with Crippen molar-refractivity contribution in [3.05, 3.63) is 0 Å². The van der Waals surface area contributed by atoms with Crippen LogP contribution < -0.4 is 5.32 Å². The van der Waals surface area contributed by atoms with Gasteiger partial charge in [-0.15, -0.1) is 11.8 Å². The van der Waals surface area contributed by atoms with Gasteiger partial charge in [0.25, 0.3) is 0 Å². The minimum Gasteiger partial charge on any atom is -0.316 e. The Morgan fingerprint density at radius 1 is 1.43 bits per heavy atom. The van der Waals surface area contributed by atoms with Gasteiger partial charge in [0.2, 0.25) is 0 Å². The fourth-order valence-corrected chi connectivity index (χ4v) is 3.12. The van der Waals surface area contributed by atoms with Crippen molar-refractivity contribution in [3.63, 3.8) is 0 Å². The summed E-state index contributed by atoms with van der Waals surface area (Å²) < 4.78 is 0. The minimum absolute atomic E-state index is 0.607. The van der Waals surface area contributed by atoms with E-state index in [1.165, 1.54) is 30.8 Å². The van der Waals surface area contributed by atoms with Crippen LogP contribution in [0.15, 0.2) is 0 Å². The Hall–Kier alpha value is -0.130. The first kappa shape index (κ1) is 11.9. The van der Waals surface area contributed by atoms with Crippen LogP contribution in [0, 0.1) is 17.8 Å². The third-order valence-electron chi connectivity index (χ3n) is 2.89. The third kappa shape index (κ3) is 4.39. The van der Waals surface area contributed by atoms with Crippen LogP contribution in [0.5, 0.6) is 0 Å². The summed E-state index contributed by atoms with van der Waals surface area (Å²) in [6.45, 7) is 1.92. The molecule has 1 aliphatic heterocycles. The summed E-state index contributed by atoms with van der Waals surface area (Å²) in [5, 5.41) is 3.37. The van der Waals surface area contributed by atoms with E-state index >= 15 is 0 Å². The van der Waals surface area contributed by atoms with Crippen molar-refractivity contribution in [1.29, 1.82) is 0 Å². The molecular formula is C12H21NS. The Labute approximate surface area is 92.4 Å². The van der Waals surface area contributed by atoms with Crippen molar-refractivity contribution in [2.24, 2.45) is 5.92 Å². The zero-order chi connectivity index (χ0) is 10.2. The molecule has 1 fully saturated rings. The molecule has 1 atom stereocenters. The van der Waals surface area contributed by atoms with Crippen LogP contribution in [0.4, 0.5) is 0 Å². The standard InChI is InChI=1S/C12H21NS/c1-3-4-5-12(13-2)10-11-6-8-14-9-7-11/h11-13H,5-10H2,1-2H3. The molecule has 0 aliphatic carbocycles. The van der Waals surface area contributed by atoms with Crippen molar-refractivity contribution in [2.75, 3.05) is 18.6 Å². The van der Waals surface area contributed by atoms with Gasteiger partial charge in [-0.2, -0.15) is 11.8 Å². The summed E-state index contributed by atoms with van der Waals surface area (Å²) in [4.78, 5) is 0. The molecule has 0 saturated carbocycles. The lowest BCUT2D eigenvalue weighted by molar-refractivity contribution is 0.381. The van der Waals surface area contributed by atoms with E-state index in [0.717, 1.165) is 12.3 Å². The largest absolute Gasteiger partial charge is 0.316 e. The summed E-state index contributed by atoms with van der Waals surface area (Å²) in [5.41, 5.74) is 0. The summed E-state index contributed by atoms with van der Waals surface area (Å²) in [5.74, 6) is 9.81. The van der Waals surface area contributed by atoms with E-state index < -0.39 is 0 Å². The zero-order valence-corrected chi connectivity index (χ0v) is 10.1. The average molecular weight is 211 g/mol. The van der Waals surface area contributed by atoms with Gasteiger partial charge in [0.1, 0.15) is 0 Å². The molecule has 1 rings (SSSR count). The molecule has 0 aromatic heterocycles. The number of nitrogens with one attached hydrogen (secondary N) is 1. The quantitative estimate of drug-likeness (QED) is 0.717. The number of rotatable bonds is 4. The molecule has 2 heteroatoms. The molecule has 0 spiro atoms. The number of hydrogen-bond donors (Lipinski definition) is 1. The van der Waals surface area contributed by atoms with E-state index in [9.17, 15) is 0 Å². The van der Waals surface area contributed by atoms with E-state index in [2.05, 4.69) is 36.0 Å². The highest BCUT2D eigenvalue weighted by Crippen LogP contribution is 2.26. The topological polar surface area (TPSA) is 12.0 Å². The highest BCUT2D eigenvalue weighted by atomic mass is 32.2. The molecule has 1 aliphatic rings. The van der Waals surface area contributed by atoms with Gasteiger partial charge in [0.15, 0.2) is 0 Å². The van der Waals surface area contributed by atoms with Crippen molar-refractivity contribution in [1.82, 2.24) is 5.32 Å². The van der Waals surface area contributed by atoms with Crippen LogP contribution in [0.1, 0.15) is 32.6 Å². The highest BCUT2D eigenvalue weighted by molar-refractivity contribution is 7.99. The maximum absolute atomic E-state index is 3.37. The first-order valence-electron chi connectivity index (χ1n) is 5.51. The molecule has 80 valence electrons. The summed E-state index contributed by atoms with van der Waals surface area (Å²) in [7, 11) is 2.06. The molecule has 1 saturated heterocycles. The molecule has 0 aromatic rings. The Morgan fingerprint density at radius 2 is 2.14 bits per heavy atom. The maximum atomic E-state index is 3.37. The van der Waals surface area contributed by atoms with Crippen LogP contribution in [0.2, 0.25) is 0 Å². The predicted molar refractivity (Wildman–Crippen MR) is 65.6 cm³/mol. The number of thioether (sulfide) groups is 1. The first-order chi connectivity index (χ1) is 6.86. The lowest BCUT2D eigenvalue weighted by Gasteiger charge is -2.25. The first-order valence-corrected chi connectivity index (χ1v) is 6.67. The summed E-state index contributed by atoms with van der Waals surface area (Å²) in [6.07, 6.45) is 5.13. The van der Waals surface area contributed by atoms with Gasteiger partial charge in [-0.25, -0.2) is 0 Å². The highest BCUT2D eigenvalue weighted by Gasteiger charge is 2.17. The van der Waals surface area contributed by atoms with Crippen LogP contribution >= 0.6 is 11.8 Å². The Morgan fingerprint density at radius 3 is 2.71 bits per heavy atom. The van der Waals surface area contributed by atoms with E-state index in [4.69, 9.17) is 0 Å². The Kier molecular flexibility index (Phi) is 6.14. The van der Waals surface area contributed by atoms with Crippen LogP contribution in [-0.2, 0) is 0 Å².